The molecule has 0 saturated carbocycles. The van der Waals surface area contributed by atoms with Gasteiger partial charge in [0.15, 0.2) is 0 Å². The zero-order chi connectivity index (χ0) is 10.0. The molecule has 0 aliphatic rings. The second-order valence-corrected chi connectivity index (χ2v) is 2.96. The van der Waals surface area contributed by atoms with Crippen molar-refractivity contribution in [2.45, 2.75) is 6.92 Å². The van der Waals surface area contributed by atoms with Crippen LogP contribution < -0.4 is 5.56 Å². The van der Waals surface area contributed by atoms with Crippen LogP contribution in [0.5, 0.6) is 0 Å². The standard InChI is InChI=1S/C11H13NO/c1-5-9-8(3)7-12(4)11(13)10(9)6-2/h5-7H,1-2H2,3-4H3. The SMILES string of the molecule is C=Cc1c(C)cn(C)c(=O)c1C=C. The highest BCUT2D eigenvalue weighted by molar-refractivity contribution is 5.65. The maximum atomic E-state index is 11.6. The Labute approximate surface area is 77.8 Å². The van der Waals surface area contributed by atoms with Crippen molar-refractivity contribution < 1.29 is 0 Å². The molecule has 0 bridgehead atoms. The number of hydrogen-bond acceptors (Lipinski definition) is 1. The van der Waals surface area contributed by atoms with Gasteiger partial charge in [-0.3, -0.25) is 4.79 Å². The van der Waals surface area contributed by atoms with E-state index in [4.69, 9.17) is 0 Å². The van der Waals surface area contributed by atoms with E-state index in [2.05, 4.69) is 13.2 Å². The minimum Gasteiger partial charge on any atom is -0.318 e. The van der Waals surface area contributed by atoms with Gasteiger partial charge in [0.2, 0.25) is 0 Å². The van der Waals surface area contributed by atoms with Gasteiger partial charge < -0.3 is 4.57 Å². The average Bonchev–Trinajstić information content (AvgIpc) is 2.10. The Hall–Kier alpha value is -1.57. The lowest BCUT2D eigenvalue weighted by atomic mass is 10.1. The van der Waals surface area contributed by atoms with E-state index in [0.717, 1.165) is 11.1 Å². The van der Waals surface area contributed by atoms with Crippen LogP contribution in [0.1, 0.15) is 16.7 Å². The first kappa shape index (κ1) is 9.52. The third-order valence-corrected chi connectivity index (χ3v) is 2.06. The summed E-state index contributed by atoms with van der Waals surface area (Å²) in [5.41, 5.74) is 2.50. The molecule has 2 heteroatoms. The highest BCUT2D eigenvalue weighted by atomic mass is 16.1. The first-order valence-electron chi connectivity index (χ1n) is 4.07. The number of aromatic nitrogens is 1. The van der Waals surface area contributed by atoms with Gasteiger partial charge in [0.25, 0.3) is 5.56 Å². The molecular formula is C11H13NO. The third kappa shape index (κ3) is 1.47. The number of nitrogens with zero attached hydrogens (tertiary/aromatic N) is 1. The summed E-state index contributed by atoms with van der Waals surface area (Å²) in [7, 11) is 1.73. The molecule has 0 atom stereocenters. The molecule has 1 aromatic rings. The van der Waals surface area contributed by atoms with E-state index in [9.17, 15) is 4.79 Å². The molecule has 2 nitrogen and oxygen atoms in total. The van der Waals surface area contributed by atoms with Crippen molar-refractivity contribution in [3.05, 3.63) is 46.4 Å². The molecule has 0 unspecified atom stereocenters. The Morgan fingerprint density at radius 1 is 1.31 bits per heavy atom. The predicted molar refractivity (Wildman–Crippen MR) is 56.6 cm³/mol. The summed E-state index contributed by atoms with van der Waals surface area (Å²) in [6.45, 7) is 9.24. The summed E-state index contributed by atoms with van der Waals surface area (Å²) in [6, 6.07) is 0. The molecule has 0 spiro atoms. The first-order chi connectivity index (χ1) is 6.11. The Bertz CT molecular complexity index is 413. The van der Waals surface area contributed by atoms with Crippen molar-refractivity contribution in [3.63, 3.8) is 0 Å². The van der Waals surface area contributed by atoms with Crippen LogP contribution in [0.3, 0.4) is 0 Å². The van der Waals surface area contributed by atoms with Crippen LogP contribution in [-0.4, -0.2) is 4.57 Å². The quantitative estimate of drug-likeness (QED) is 0.673. The molecule has 0 aliphatic heterocycles. The molecule has 1 rings (SSSR count). The molecule has 0 aliphatic carbocycles. The largest absolute Gasteiger partial charge is 0.318 e. The molecule has 0 saturated heterocycles. The lowest BCUT2D eigenvalue weighted by molar-refractivity contribution is 0.847. The Balaban J connectivity index is 3.70. The third-order valence-electron chi connectivity index (χ3n) is 2.06. The fourth-order valence-corrected chi connectivity index (χ4v) is 1.40. The highest BCUT2D eigenvalue weighted by Crippen LogP contribution is 2.12. The number of pyridine rings is 1. The van der Waals surface area contributed by atoms with Crippen molar-refractivity contribution in [1.82, 2.24) is 4.57 Å². The minimum atomic E-state index is -0.0319. The van der Waals surface area contributed by atoms with Gasteiger partial charge in [-0.2, -0.15) is 0 Å². The van der Waals surface area contributed by atoms with E-state index in [-0.39, 0.29) is 5.56 Å². The first-order valence-corrected chi connectivity index (χ1v) is 4.07. The van der Waals surface area contributed by atoms with Crippen LogP contribution in [0.2, 0.25) is 0 Å². The van der Waals surface area contributed by atoms with Gasteiger partial charge in [0, 0.05) is 18.8 Å². The smallest absolute Gasteiger partial charge is 0.258 e. The van der Waals surface area contributed by atoms with E-state index in [1.54, 1.807) is 30.0 Å². The van der Waals surface area contributed by atoms with Gasteiger partial charge in [-0.1, -0.05) is 25.3 Å². The van der Waals surface area contributed by atoms with E-state index < -0.39 is 0 Å². The van der Waals surface area contributed by atoms with E-state index in [1.807, 2.05) is 6.92 Å². The highest BCUT2D eigenvalue weighted by Gasteiger charge is 2.05. The lowest BCUT2D eigenvalue weighted by Gasteiger charge is -2.07. The van der Waals surface area contributed by atoms with Gasteiger partial charge in [-0.25, -0.2) is 0 Å². The van der Waals surface area contributed by atoms with Crippen molar-refractivity contribution in [1.29, 1.82) is 0 Å². The number of rotatable bonds is 2. The van der Waals surface area contributed by atoms with Crippen molar-refractivity contribution in [2.75, 3.05) is 0 Å². The van der Waals surface area contributed by atoms with Gasteiger partial charge in [-0.05, 0) is 18.1 Å². The van der Waals surface area contributed by atoms with Crippen LogP contribution in [0, 0.1) is 6.92 Å². The predicted octanol–water partition coefficient (Wildman–Crippen LogP) is 1.98. The number of hydrogen-bond donors (Lipinski definition) is 0. The van der Waals surface area contributed by atoms with E-state index in [1.165, 1.54) is 0 Å². The van der Waals surface area contributed by atoms with Crippen LogP contribution in [0.25, 0.3) is 12.2 Å². The molecule has 13 heavy (non-hydrogen) atoms. The topological polar surface area (TPSA) is 22.0 Å². The molecule has 0 N–H and O–H groups in total. The fourth-order valence-electron chi connectivity index (χ4n) is 1.40. The monoisotopic (exact) mass is 175 g/mol. The Morgan fingerprint density at radius 2 is 1.85 bits per heavy atom. The second kappa shape index (κ2) is 3.44. The second-order valence-electron chi connectivity index (χ2n) is 2.96. The Kier molecular flexibility index (Phi) is 2.52. The van der Waals surface area contributed by atoms with Gasteiger partial charge in [0.1, 0.15) is 0 Å². The molecular weight excluding hydrogens is 162 g/mol. The molecule has 0 aromatic carbocycles. The minimum absolute atomic E-state index is 0.0319. The van der Waals surface area contributed by atoms with Crippen molar-refractivity contribution in [3.8, 4) is 0 Å². The summed E-state index contributed by atoms with van der Waals surface area (Å²) >= 11 is 0. The molecule has 1 heterocycles. The zero-order valence-electron chi connectivity index (χ0n) is 8.00. The fraction of sp³-hybridized carbons (Fsp3) is 0.182. The summed E-state index contributed by atoms with van der Waals surface area (Å²) in [5.74, 6) is 0. The number of aryl methyl sites for hydroxylation is 2. The Morgan fingerprint density at radius 3 is 2.31 bits per heavy atom. The average molecular weight is 175 g/mol. The summed E-state index contributed by atoms with van der Waals surface area (Å²) in [4.78, 5) is 11.6. The van der Waals surface area contributed by atoms with Gasteiger partial charge in [0.05, 0.1) is 0 Å². The van der Waals surface area contributed by atoms with Gasteiger partial charge >= 0.3 is 0 Å². The summed E-state index contributed by atoms with van der Waals surface area (Å²) in [5, 5.41) is 0. The molecule has 1 aromatic heterocycles. The van der Waals surface area contributed by atoms with Crippen molar-refractivity contribution in [2.24, 2.45) is 7.05 Å². The van der Waals surface area contributed by atoms with Crippen LogP contribution in [0.4, 0.5) is 0 Å². The van der Waals surface area contributed by atoms with E-state index in [0.29, 0.717) is 5.56 Å². The lowest BCUT2D eigenvalue weighted by Crippen LogP contribution is -2.20. The molecule has 68 valence electrons. The van der Waals surface area contributed by atoms with Crippen LogP contribution >= 0.6 is 0 Å². The molecule has 0 radical (unpaired) electrons. The maximum absolute atomic E-state index is 11.6. The maximum Gasteiger partial charge on any atom is 0.258 e. The van der Waals surface area contributed by atoms with Crippen molar-refractivity contribution >= 4 is 12.2 Å². The summed E-state index contributed by atoms with van der Waals surface area (Å²) < 4.78 is 1.55. The normalized spacial score (nSPS) is 9.69. The van der Waals surface area contributed by atoms with Crippen LogP contribution in [-0.2, 0) is 7.05 Å². The van der Waals surface area contributed by atoms with Gasteiger partial charge in [-0.15, -0.1) is 0 Å². The summed E-state index contributed by atoms with van der Waals surface area (Å²) in [6.07, 6.45) is 5.06. The molecule has 0 fully saturated rings. The van der Waals surface area contributed by atoms with Crippen LogP contribution in [0.15, 0.2) is 24.1 Å². The van der Waals surface area contributed by atoms with E-state index >= 15 is 0 Å². The zero-order valence-corrected chi connectivity index (χ0v) is 8.00. The molecule has 0 amide bonds.